The van der Waals surface area contributed by atoms with Crippen molar-refractivity contribution in [3.05, 3.63) is 45.0 Å². The molecule has 0 saturated carbocycles. The lowest BCUT2D eigenvalue weighted by atomic mass is 10.2. The van der Waals surface area contributed by atoms with Crippen molar-refractivity contribution in [1.29, 1.82) is 0 Å². The van der Waals surface area contributed by atoms with Gasteiger partial charge in [0.1, 0.15) is 6.33 Å². The molecule has 0 aliphatic rings. The first-order chi connectivity index (χ1) is 7.58. The maximum Gasteiger partial charge on any atom is 0.347 e. The van der Waals surface area contributed by atoms with Gasteiger partial charge in [0.05, 0.1) is 11.3 Å². The molecule has 16 heavy (non-hydrogen) atoms. The largest absolute Gasteiger partial charge is 0.478 e. The summed E-state index contributed by atoms with van der Waals surface area (Å²) in [5.74, 6) is -1.06. The normalized spacial score (nSPS) is 10.3. The van der Waals surface area contributed by atoms with Gasteiger partial charge in [-0.1, -0.05) is 15.9 Å². The molecule has 6 nitrogen and oxygen atoms in total. The fourth-order valence-corrected chi connectivity index (χ4v) is 1.75. The van der Waals surface area contributed by atoms with Gasteiger partial charge in [-0.2, -0.15) is 5.10 Å². The van der Waals surface area contributed by atoms with Crippen LogP contribution in [0.1, 0.15) is 10.4 Å². The average molecular weight is 284 g/mol. The van der Waals surface area contributed by atoms with Crippen molar-refractivity contribution in [2.75, 3.05) is 0 Å². The van der Waals surface area contributed by atoms with Crippen LogP contribution >= 0.6 is 15.9 Å². The van der Waals surface area contributed by atoms with Gasteiger partial charge in [-0.05, 0) is 18.2 Å². The Morgan fingerprint density at radius 1 is 1.44 bits per heavy atom. The summed E-state index contributed by atoms with van der Waals surface area (Å²) in [6.07, 6.45) is 1.29. The highest BCUT2D eigenvalue weighted by atomic mass is 79.9. The SMILES string of the molecule is O=C(O)c1cc(Br)cc(-n2cn[nH]c2=O)c1. The Balaban J connectivity index is 2.62. The lowest BCUT2D eigenvalue weighted by Gasteiger charge is -2.03. The van der Waals surface area contributed by atoms with Gasteiger partial charge in [-0.25, -0.2) is 19.3 Å². The second kappa shape index (κ2) is 3.93. The number of aromatic nitrogens is 3. The van der Waals surface area contributed by atoms with E-state index < -0.39 is 11.7 Å². The summed E-state index contributed by atoms with van der Waals surface area (Å²) in [6.45, 7) is 0. The monoisotopic (exact) mass is 283 g/mol. The molecule has 0 radical (unpaired) electrons. The Kier molecular flexibility index (Phi) is 2.61. The predicted octanol–water partition coefficient (Wildman–Crippen LogP) is 1.02. The molecule has 0 bridgehead atoms. The number of hydrogen-bond donors (Lipinski definition) is 2. The van der Waals surface area contributed by atoms with Gasteiger partial charge in [-0.3, -0.25) is 0 Å². The Labute approximate surface area is 97.7 Å². The highest BCUT2D eigenvalue weighted by molar-refractivity contribution is 9.10. The topological polar surface area (TPSA) is 88.0 Å². The summed E-state index contributed by atoms with van der Waals surface area (Å²) in [7, 11) is 0. The first-order valence-corrected chi connectivity index (χ1v) is 5.03. The van der Waals surface area contributed by atoms with Crippen LogP contribution in [-0.4, -0.2) is 25.8 Å². The van der Waals surface area contributed by atoms with Crippen molar-refractivity contribution in [1.82, 2.24) is 14.8 Å². The molecule has 0 aliphatic carbocycles. The molecule has 0 amide bonds. The van der Waals surface area contributed by atoms with Crippen molar-refractivity contribution < 1.29 is 9.90 Å². The Hall–Kier alpha value is -1.89. The molecule has 82 valence electrons. The third-order valence-corrected chi connectivity index (χ3v) is 2.42. The minimum absolute atomic E-state index is 0.0949. The molecule has 2 rings (SSSR count). The summed E-state index contributed by atoms with van der Waals surface area (Å²) >= 11 is 3.18. The Morgan fingerprint density at radius 2 is 2.19 bits per heavy atom. The van der Waals surface area contributed by atoms with E-state index in [0.29, 0.717) is 10.2 Å². The minimum Gasteiger partial charge on any atom is -0.478 e. The molecular weight excluding hydrogens is 278 g/mol. The number of aromatic carboxylic acids is 1. The van der Waals surface area contributed by atoms with Crippen molar-refractivity contribution >= 4 is 21.9 Å². The van der Waals surface area contributed by atoms with E-state index in [-0.39, 0.29) is 5.56 Å². The molecule has 0 aliphatic heterocycles. The summed E-state index contributed by atoms with van der Waals surface area (Å²) in [6, 6.07) is 4.48. The number of hydrogen-bond acceptors (Lipinski definition) is 3. The standard InChI is InChI=1S/C9H6BrN3O3/c10-6-1-5(8(14)15)2-7(3-6)13-4-11-12-9(13)16/h1-4H,(H,12,16)(H,14,15). The van der Waals surface area contributed by atoms with E-state index in [1.54, 1.807) is 6.07 Å². The molecule has 2 N–H and O–H groups in total. The number of carboxylic acids is 1. The van der Waals surface area contributed by atoms with Crippen LogP contribution in [-0.2, 0) is 0 Å². The van der Waals surface area contributed by atoms with Gasteiger partial charge < -0.3 is 5.11 Å². The van der Waals surface area contributed by atoms with E-state index >= 15 is 0 Å². The zero-order valence-electron chi connectivity index (χ0n) is 7.85. The maximum atomic E-state index is 11.3. The number of benzene rings is 1. The smallest absolute Gasteiger partial charge is 0.347 e. The van der Waals surface area contributed by atoms with Gasteiger partial charge in [0, 0.05) is 4.47 Å². The van der Waals surface area contributed by atoms with Gasteiger partial charge in [0.25, 0.3) is 0 Å². The van der Waals surface area contributed by atoms with E-state index in [0.717, 1.165) is 0 Å². The third-order valence-electron chi connectivity index (χ3n) is 1.96. The zero-order chi connectivity index (χ0) is 11.7. The van der Waals surface area contributed by atoms with Gasteiger partial charge >= 0.3 is 11.7 Å². The summed E-state index contributed by atoms with van der Waals surface area (Å²) in [5, 5.41) is 14.7. The maximum absolute atomic E-state index is 11.3. The van der Waals surface area contributed by atoms with Crippen LogP contribution in [0.25, 0.3) is 5.69 Å². The summed E-state index contributed by atoms with van der Waals surface area (Å²) in [5.41, 5.74) is 0.109. The Morgan fingerprint density at radius 3 is 2.75 bits per heavy atom. The lowest BCUT2D eigenvalue weighted by Crippen LogP contribution is -2.14. The molecule has 0 spiro atoms. The van der Waals surface area contributed by atoms with Crippen molar-refractivity contribution in [3.63, 3.8) is 0 Å². The van der Waals surface area contributed by atoms with Crippen LogP contribution in [0.5, 0.6) is 0 Å². The third kappa shape index (κ3) is 1.89. The van der Waals surface area contributed by atoms with E-state index in [4.69, 9.17) is 5.11 Å². The van der Waals surface area contributed by atoms with Crippen LogP contribution in [0.3, 0.4) is 0 Å². The van der Waals surface area contributed by atoms with E-state index in [9.17, 15) is 9.59 Å². The zero-order valence-corrected chi connectivity index (χ0v) is 9.43. The summed E-state index contributed by atoms with van der Waals surface area (Å²) < 4.78 is 1.80. The fourth-order valence-electron chi connectivity index (χ4n) is 1.27. The number of aromatic amines is 1. The number of nitrogens with one attached hydrogen (secondary N) is 1. The number of carbonyl (C=O) groups is 1. The van der Waals surface area contributed by atoms with Crippen molar-refractivity contribution in [2.45, 2.75) is 0 Å². The first kappa shape index (κ1) is 10.6. The Bertz CT molecular complexity index is 602. The summed E-state index contributed by atoms with van der Waals surface area (Å²) in [4.78, 5) is 22.1. The highest BCUT2D eigenvalue weighted by Gasteiger charge is 2.08. The molecule has 1 heterocycles. The van der Waals surface area contributed by atoms with E-state index in [1.807, 2.05) is 0 Å². The second-order valence-electron chi connectivity index (χ2n) is 3.03. The molecule has 0 unspecified atom stereocenters. The molecule has 0 saturated heterocycles. The van der Waals surface area contributed by atoms with E-state index in [1.165, 1.54) is 23.0 Å². The molecule has 1 aromatic heterocycles. The molecule has 1 aromatic carbocycles. The lowest BCUT2D eigenvalue weighted by molar-refractivity contribution is 0.0697. The minimum atomic E-state index is -1.06. The number of carboxylic acid groups (broad SMARTS) is 1. The van der Waals surface area contributed by atoms with Crippen molar-refractivity contribution in [2.24, 2.45) is 0 Å². The highest BCUT2D eigenvalue weighted by Crippen LogP contribution is 2.17. The molecule has 7 heteroatoms. The number of H-pyrrole nitrogens is 1. The number of rotatable bonds is 2. The van der Waals surface area contributed by atoms with Crippen LogP contribution in [0.4, 0.5) is 0 Å². The van der Waals surface area contributed by atoms with Crippen LogP contribution in [0.15, 0.2) is 33.8 Å². The quantitative estimate of drug-likeness (QED) is 0.861. The van der Waals surface area contributed by atoms with Crippen molar-refractivity contribution in [3.8, 4) is 5.69 Å². The van der Waals surface area contributed by atoms with E-state index in [2.05, 4.69) is 26.1 Å². The van der Waals surface area contributed by atoms with Gasteiger partial charge in [0.2, 0.25) is 0 Å². The predicted molar refractivity (Wildman–Crippen MR) is 58.8 cm³/mol. The van der Waals surface area contributed by atoms with Crippen LogP contribution < -0.4 is 5.69 Å². The van der Waals surface area contributed by atoms with Gasteiger partial charge in [0.15, 0.2) is 0 Å². The molecule has 2 aromatic rings. The molecule has 0 atom stereocenters. The molecular formula is C9H6BrN3O3. The molecule has 0 fully saturated rings. The van der Waals surface area contributed by atoms with Gasteiger partial charge in [-0.15, -0.1) is 0 Å². The fraction of sp³-hybridized carbons (Fsp3) is 0. The average Bonchev–Trinajstić information content (AvgIpc) is 2.63. The number of nitrogens with zero attached hydrogens (tertiary/aromatic N) is 2. The van der Waals surface area contributed by atoms with Crippen LogP contribution in [0.2, 0.25) is 0 Å². The first-order valence-electron chi connectivity index (χ1n) is 4.24. The number of halogens is 1. The second-order valence-corrected chi connectivity index (χ2v) is 3.95. The van der Waals surface area contributed by atoms with Crippen LogP contribution in [0, 0.1) is 0 Å².